The molecule has 0 aliphatic rings. The lowest BCUT2D eigenvalue weighted by Gasteiger charge is -2.08. The van der Waals surface area contributed by atoms with E-state index < -0.39 is 10.4 Å². The second-order valence-electron chi connectivity index (χ2n) is 3.32. The summed E-state index contributed by atoms with van der Waals surface area (Å²) >= 11 is 0. The molecule has 8 heteroatoms. The lowest BCUT2D eigenvalue weighted by Crippen LogP contribution is -2.16. The maximum Gasteiger partial charge on any atom is 0.394 e. The van der Waals surface area contributed by atoms with Crippen LogP contribution in [0.25, 0.3) is 0 Å². The summed E-state index contributed by atoms with van der Waals surface area (Å²) in [7, 11) is -0.680. The van der Waals surface area contributed by atoms with Crippen molar-refractivity contribution in [1.82, 2.24) is 4.90 Å². The molecule has 0 aliphatic heterocycles. The smallest absolute Gasteiger partial charge is 0.366 e. The van der Waals surface area contributed by atoms with E-state index >= 15 is 0 Å². The van der Waals surface area contributed by atoms with Gasteiger partial charge in [-0.25, -0.2) is 0 Å². The van der Waals surface area contributed by atoms with Gasteiger partial charge < -0.3 is 10.6 Å². The lowest BCUT2D eigenvalue weighted by atomic mass is 10.1. The summed E-state index contributed by atoms with van der Waals surface area (Å²) in [5, 5.41) is 0. The Morgan fingerprint density at radius 2 is 1.75 bits per heavy atom. The quantitative estimate of drug-likeness (QED) is 0.458. The predicted octanol–water partition coefficient (Wildman–Crippen LogP) is -0.283. The highest BCUT2D eigenvalue weighted by Crippen LogP contribution is 2.00. The molecule has 0 spiro atoms. The first-order valence-corrected chi connectivity index (χ1v) is 5.76. The Morgan fingerprint density at radius 1 is 1.38 bits per heavy atom. The molecule has 1 amide bonds. The van der Waals surface area contributed by atoms with Crippen molar-refractivity contribution in [2.24, 2.45) is 5.73 Å². The number of amides is 1. The highest BCUT2D eigenvalue weighted by atomic mass is 32.3. The van der Waals surface area contributed by atoms with E-state index in [1.807, 2.05) is 14.1 Å². The minimum atomic E-state index is -4.67. The van der Waals surface area contributed by atoms with Gasteiger partial charge in [-0.2, -0.15) is 8.42 Å². The van der Waals surface area contributed by atoms with Crippen molar-refractivity contribution in [3.05, 3.63) is 12.2 Å². The van der Waals surface area contributed by atoms with Crippen LogP contribution < -0.4 is 5.73 Å². The Hall–Kier alpha value is -0.960. The first-order valence-electron chi connectivity index (χ1n) is 4.36. The van der Waals surface area contributed by atoms with E-state index in [1.54, 1.807) is 0 Å². The van der Waals surface area contributed by atoms with Gasteiger partial charge in [-0.3, -0.25) is 13.9 Å². The molecule has 4 N–H and O–H groups in total. The molecule has 0 saturated heterocycles. The molecule has 0 aliphatic carbocycles. The summed E-state index contributed by atoms with van der Waals surface area (Å²) in [6.45, 7) is 4.52. The number of nitrogens with zero attached hydrogens (tertiary/aromatic N) is 1. The lowest BCUT2D eigenvalue weighted by molar-refractivity contribution is -0.114. The third-order valence-corrected chi connectivity index (χ3v) is 1.43. The van der Waals surface area contributed by atoms with Crippen LogP contribution in [0.3, 0.4) is 0 Å². The van der Waals surface area contributed by atoms with Crippen molar-refractivity contribution >= 4 is 16.3 Å². The third-order valence-electron chi connectivity index (χ3n) is 1.43. The molecule has 0 bridgehead atoms. The van der Waals surface area contributed by atoms with Crippen molar-refractivity contribution in [2.45, 2.75) is 12.8 Å². The van der Waals surface area contributed by atoms with Gasteiger partial charge >= 0.3 is 10.4 Å². The molecule has 0 saturated carbocycles. The van der Waals surface area contributed by atoms with Gasteiger partial charge in [0.1, 0.15) is 0 Å². The van der Waals surface area contributed by atoms with Crippen LogP contribution in [0.5, 0.6) is 0 Å². The summed E-state index contributed by atoms with van der Waals surface area (Å²) in [6.07, 6.45) is 1.64. The highest BCUT2D eigenvalue weighted by molar-refractivity contribution is 7.79. The molecule has 0 radical (unpaired) electrons. The number of carbonyl (C=O) groups is 1. The monoisotopic (exact) mass is 254 g/mol. The fraction of sp³-hybridized carbons (Fsp3) is 0.625. The fourth-order valence-electron chi connectivity index (χ4n) is 0.732. The van der Waals surface area contributed by atoms with Crippen LogP contribution in [0.2, 0.25) is 0 Å². The molecule has 0 aromatic rings. The number of primary amides is 1. The SMILES string of the molecule is C=C(CCCN(C)C)C(N)=O.O=S(=O)(O)O. The van der Waals surface area contributed by atoms with Crippen LogP contribution in [0, 0.1) is 0 Å². The minimum absolute atomic E-state index is 0.385. The maximum absolute atomic E-state index is 10.5. The summed E-state index contributed by atoms with van der Waals surface area (Å²) in [5.74, 6) is -0.385. The van der Waals surface area contributed by atoms with Crippen LogP contribution in [-0.2, 0) is 15.2 Å². The molecule has 0 unspecified atom stereocenters. The van der Waals surface area contributed by atoms with Gasteiger partial charge in [-0.1, -0.05) is 6.58 Å². The topological polar surface area (TPSA) is 121 Å². The average Bonchev–Trinajstić information content (AvgIpc) is 1.99. The van der Waals surface area contributed by atoms with Gasteiger partial charge in [0.2, 0.25) is 5.91 Å². The van der Waals surface area contributed by atoms with Crippen molar-refractivity contribution in [3.63, 3.8) is 0 Å². The first-order chi connectivity index (χ1) is 7.04. The molecule has 16 heavy (non-hydrogen) atoms. The summed E-state index contributed by atoms with van der Waals surface area (Å²) in [5.41, 5.74) is 5.52. The second kappa shape index (κ2) is 8.22. The number of nitrogens with two attached hydrogens (primary N) is 1. The van der Waals surface area contributed by atoms with Crippen LogP contribution in [-0.4, -0.2) is 49.0 Å². The van der Waals surface area contributed by atoms with Crippen LogP contribution in [0.15, 0.2) is 12.2 Å². The van der Waals surface area contributed by atoms with Gasteiger partial charge in [0.05, 0.1) is 0 Å². The largest absolute Gasteiger partial charge is 0.394 e. The molecule has 0 aromatic carbocycles. The van der Waals surface area contributed by atoms with E-state index in [0.29, 0.717) is 12.0 Å². The molecule has 0 rings (SSSR count). The van der Waals surface area contributed by atoms with Crippen LogP contribution in [0.4, 0.5) is 0 Å². The van der Waals surface area contributed by atoms with E-state index in [9.17, 15) is 4.79 Å². The number of hydrogen-bond donors (Lipinski definition) is 3. The van der Waals surface area contributed by atoms with Crippen molar-refractivity contribution in [3.8, 4) is 0 Å². The molecule has 0 heterocycles. The molecule has 0 atom stereocenters. The Bertz CT molecular complexity index is 315. The van der Waals surface area contributed by atoms with Gasteiger partial charge in [-0.15, -0.1) is 0 Å². The van der Waals surface area contributed by atoms with E-state index in [4.69, 9.17) is 23.3 Å². The predicted molar refractivity (Wildman–Crippen MR) is 60.3 cm³/mol. The number of hydrogen-bond acceptors (Lipinski definition) is 4. The van der Waals surface area contributed by atoms with Gasteiger partial charge in [0.25, 0.3) is 0 Å². The molecule has 96 valence electrons. The van der Waals surface area contributed by atoms with Gasteiger partial charge in [0, 0.05) is 5.57 Å². The van der Waals surface area contributed by atoms with Crippen molar-refractivity contribution in [1.29, 1.82) is 0 Å². The summed E-state index contributed by atoms with van der Waals surface area (Å²) in [4.78, 5) is 12.5. The Kier molecular flexibility index (Phi) is 8.96. The van der Waals surface area contributed by atoms with E-state index in [-0.39, 0.29) is 5.91 Å². The average molecular weight is 254 g/mol. The zero-order valence-corrected chi connectivity index (χ0v) is 10.2. The van der Waals surface area contributed by atoms with Crippen molar-refractivity contribution < 1.29 is 22.3 Å². The van der Waals surface area contributed by atoms with Gasteiger partial charge in [-0.05, 0) is 33.5 Å². The summed E-state index contributed by atoms with van der Waals surface area (Å²) < 4.78 is 31.6. The molecule has 0 aromatic heterocycles. The Labute approximate surface area is 95.5 Å². The minimum Gasteiger partial charge on any atom is -0.366 e. The Morgan fingerprint density at radius 3 is 2.00 bits per heavy atom. The van der Waals surface area contributed by atoms with Crippen LogP contribution in [0.1, 0.15) is 12.8 Å². The van der Waals surface area contributed by atoms with E-state index in [1.165, 1.54) is 0 Å². The standard InChI is InChI=1S/C8H16N2O.H2O4S/c1-7(8(9)11)5-4-6-10(2)3;1-5(2,3)4/h1,4-6H2,2-3H3,(H2,9,11);(H2,1,2,3,4). The van der Waals surface area contributed by atoms with E-state index in [0.717, 1.165) is 13.0 Å². The van der Waals surface area contributed by atoms with Gasteiger partial charge in [0.15, 0.2) is 0 Å². The number of rotatable bonds is 5. The molecule has 0 fully saturated rings. The summed E-state index contributed by atoms with van der Waals surface area (Å²) in [6, 6.07) is 0. The highest BCUT2D eigenvalue weighted by Gasteiger charge is 2.00. The third kappa shape index (κ3) is 23.1. The van der Waals surface area contributed by atoms with Crippen LogP contribution >= 0.6 is 0 Å². The first kappa shape index (κ1) is 17.4. The molecule has 7 nitrogen and oxygen atoms in total. The zero-order chi connectivity index (χ0) is 13.4. The maximum atomic E-state index is 10.5. The van der Waals surface area contributed by atoms with E-state index in [2.05, 4.69) is 11.5 Å². The second-order valence-corrected chi connectivity index (χ2v) is 4.22. The Balaban J connectivity index is 0. The molecular formula is C8H18N2O5S. The molecular weight excluding hydrogens is 236 g/mol. The normalized spacial score (nSPS) is 10.6. The fourth-order valence-corrected chi connectivity index (χ4v) is 0.732. The zero-order valence-electron chi connectivity index (χ0n) is 9.38. The van der Waals surface area contributed by atoms with Crippen molar-refractivity contribution in [2.75, 3.05) is 20.6 Å². The number of carbonyl (C=O) groups excluding carboxylic acids is 1.